The average molecular weight is 252 g/mol. The lowest BCUT2D eigenvalue weighted by Crippen LogP contribution is -2.47. The Morgan fingerprint density at radius 1 is 1.47 bits per heavy atom. The van der Waals surface area contributed by atoms with Gasteiger partial charge in [0.15, 0.2) is 0 Å². The Morgan fingerprint density at radius 2 is 2.27 bits per heavy atom. The van der Waals surface area contributed by atoms with Gasteiger partial charge in [0.2, 0.25) is 0 Å². The van der Waals surface area contributed by atoms with E-state index in [1.54, 1.807) is 0 Å². The summed E-state index contributed by atoms with van der Waals surface area (Å²) in [5.74, 6) is 3.11. The molecule has 0 spiro atoms. The highest BCUT2D eigenvalue weighted by Crippen LogP contribution is 2.13. The Balaban J connectivity index is 2.16. The summed E-state index contributed by atoms with van der Waals surface area (Å²) in [6.45, 7) is 7.60. The van der Waals surface area contributed by atoms with Crippen molar-refractivity contribution >= 4 is 23.4 Å². The topological polar surface area (TPSA) is 12.5 Å². The zero-order valence-electron chi connectivity index (χ0n) is 9.75. The Hall–Kier alpha value is 0.560. The molecule has 90 valence electrons. The molecule has 0 aliphatic carbocycles. The molecule has 2 nitrogen and oxygen atoms in total. The van der Waals surface area contributed by atoms with Crippen molar-refractivity contribution in [3.8, 4) is 0 Å². The summed E-state index contributed by atoms with van der Waals surface area (Å²) >= 11 is 7.86. The summed E-state index contributed by atoms with van der Waals surface area (Å²) in [4.78, 5) is 2.48. The molecule has 1 heterocycles. The molecule has 2 atom stereocenters. The van der Waals surface area contributed by atoms with Gasteiger partial charge in [-0.05, 0) is 31.4 Å². The van der Waals surface area contributed by atoms with Gasteiger partial charge in [-0.25, -0.2) is 0 Å². The van der Waals surface area contributed by atoms with E-state index in [-0.39, 0.29) is 6.10 Å². The predicted octanol–water partition coefficient (Wildman–Crippen LogP) is 2.46. The fourth-order valence-electron chi connectivity index (χ4n) is 1.94. The fourth-order valence-corrected chi connectivity index (χ4v) is 2.74. The first-order chi connectivity index (χ1) is 7.26. The van der Waals surface area contributed by atoms with Crippen LogP contribution in [0.4, 0.5) is 0 Å². The minimum atomic E-state index is 0.231. The van der Waals surface area contributed by atoms with Gasteiger partial charge >= 0.3 is 0 Å². The molecule has 0 saturated carbocycles. The number of ether oxygens (including phenoxy) is 1. The molecule has 1 aliphatic rings. The standard InChI is InChI=1S/C11H22ClNOS/c1-3-15-6-4-5-13-8-10(2)14-11(7-12)9-13/h10-11H,3-9H2,1-2H3. The predicted molar refractivity (Wildman–Crippen MR) is 69.1 cm³/mol. The first-order valence-electron chi connectivity index (χ1n) is 5.77. The van der Waals surface area contributed by atoms with Crippen molar-refractivity contribution in [1.82, 2.24) is 4.90 Å². The molecule has 0 N–H and O–H groups in total. The largest absolute Gasteiger partial charge is 0.371 e. The Morgan fingerprint density at radius 3 is 2.93 bits per heavy atom. The second-order valence-electron chi connectivity index (χ2n) is 4.03. The van der Waals surface area contributed by atoms with Crippen LogP contribution in [0.2, 0.25) is 0 Å². The number of nitrogens with zero attached hydrogens (tertiary/aromatic N) is 1. The number of hydrogen-bond acceptors (Lipinski definition) is 3. The number of thioether (sulfide) groups is 1. The molecule has 1 rings (SSSR count). The van der Waals surface area contributed by atoms with E-state index in [0.717, 1.165) is 13.1 Å². The molecular formula is C11H22ClNOS. The minimum Gasteiger partial charge on any atom is -0.371 e. The summed E-state index contributed by atoms with van der Waals surface area (Å²) < 4.78 is 5.71. The molecular weight excluding hydrogens is 230 g/mol. The first-order valence-corrected chi connectivity index (χ1v) is 7.46. The van der Waals surface area contributed by atoms with Gasteiger partial charge in [0.25, 0.3) is 0 Å². The molecule has 0 radical (unpaired) electrons. The molecule has 0 amide bonds. The smallest absolute Gasteiger partial charge is 0.0841 e. The second-order valence-corrected chi connectivity index (χ2v) is 5.74. The summed E-state index contributed by atoms with van der Waals surface area (Å²) in [7, 11) is 0. The van der Waals surface area contributed by atoms with E-state index in [1.165, 1.54) is 24.5 Å². The quantitative estimate of drug-likeness (QED) is 0.532. The fraction of sp³-hybridized carbons (Fsp3) is 1.00. The zero-order valence-corrected chi connectivity index (χ0v) is 11.3. The van der Waals surface area contributed by atoms with Crippen molar-refractivity contribution in [2.75, 3.05) is 37.0 Å². The molecule has 1 fully saturated rings. The highest BCUT2D eigenvalue weighted by atomic mass is 35.5. The van der Waals surface area contributed by atoms with E-state index in [1.807, 2.05) is 11.8 Å². The van der Waals surface area contributed by atoms with E-state index in [4.69, 9.17) is 16.3 Å². The minimum absolute atomic E-state index is 0.231. The van der Waals surface area contributed by atoms with Crippen LogP contribution in [-0.4, -0.2) is 54.1 Å². The van der Waals surface area contributed by atoms with Crippen molar-refractivity contribution in [3.05, 3.63) is 0 Å². The highest BCUT2D eigenvalue weighted by molar-refractivity contribution is 7.99. The van der Waals surface area contributed by atoms with Crippen LogP contribution >= 0.6 is 23.4 Å². The lowest BCUT2D eigenvalue weighted by molar-refractivity contribution is -0.0660. The van der Waals surface area contributed by atoms with Gasteiger partial charge in [-0.1, -0.05) is 6.92 Å². The van der Waals surface area contributed by atoms with Crippen LogP contribution in [0.1, 0.15) is 20.3 Å². The van der Waals surface area contributed by atoms with Gasteiger partial charge in [-0.15, -0.1) is 11.6 Å². The molecule has 0 aromatic rings. The van der Waals surface area contributed by atoms with E-state index in [0.29, 0.717) is 12.0 Å². The van der Waals surface area contributed by atoms with Crippen LogP contribution in [-0.2, 0) is 4.74 Å². The number of rotatable bonds is 6. The molecule has 1 saturated heterocycles. The Bertz CT molecular complexity index is 171. The van der Waals surface area contributed by atoms with Crippen LogP contribution in [0.15, 0.2) is 0 Å². The average Bonchev–Trinajstić information content (AvgIpc) is 2.23. The third-order valence-electron chi connectivity index (χ3n) is 2.54. The van der Waals surface area contributed by atoms with Crippen molar-refractivity contribution in [3.63, 3.8) is 0 Å². The van der Waals surface area contributed by atoms with Crippen molar-refractivity contribution < 1.29 is 4.74 Å². The van der Waals surface area contributed by atoms with Gasteiger partial charge in [0.1, 0.15) is 0 Å². The number of alkyl halides is 1. The first kappa shape index (κ1) is 13.6. The maximum atomic E-state index is 5.84. The Labute approximate surface area is 103 Å². The van der Waals surface area contributed by atoms with Crippen LogP contribution < -0.4 is 0 Å². The zero-order chi connectivity index (χ0) is 11.1. The second kappa shape index (κ2) is 7.77. The van der Waals surface area contributed by atoms with E-state index in [2.05, 4.69) is 18.7 Å². The highest BCUT2D eigenvalue weighted by Gasteiger charge is 2.23. The van der Waals surface area contributed by atoms with Crippen LogP contribution in [0.5, 0.6) is 0 Å². The van der Waals surface area contributed by atoms with Gasteiger partial charge in [-0.2, -0.15) is 11.8 Å². The van der Waals surface area contributed by atoms with E-state index < -0.39 is 0 Å². The van der Waals surface area contributed by atoms with Crippen molar-refractivity contribution in [2.45, 2.75) is 32.5 Å². The van der Waals surface area contributed by atoms with Gasteiger partial charge < -0.3 is 4.74 Å². The van der Waals surface area contributed by atoms with Gasteiger partial charge in [-0.3, -0.25) is 4.90 Å². The molecule has 0 aromatic carbocycles. The maximum absolute atomic E-state index is 5.84. The maximum Gasteiger partial charge on any atom is 0.0841 e. The number of halogens is 1. The van der Waals surface area contributed by atoms with Crippen molar-refractivity contribution in [2.24, 2.45) is 0 Å². The SMILES string of the molecule is CCSCCCN1CC(C)OC(CCl)C1. The van der Waals surface area contributed by atoms with Gasteiger partial charge in [0.05, 0.1) is 12.2 Å². The van der Waals surface area contributed by atoms with E-state index >= 15 is 0 Å². The van der Waals surface area contributed by atoms with Crippen LogP contribution in [0.25, 0.3) is 0 Å². The third kappa shape index (κ3) is 5.43. The van der Waals surface area contributed by atoms with E-state index in [9.17, 15) is 0 Å². The molecule has 0 bridgehead atoms. The summed E-state index contributed by atoms with van der Waals surface area (Å²) in [6.07, 6.45) is 1.84. The molecule has 4 heteroatoms. The molecule has 0 aromatic heterocycles. The molecule has 15 heavy (non-hydrogen) atoms. The molecule has 2 unspecified atom stereocenters. The lowest BCUT2D eigenvalue weighted by atomic mass is 10.2. The third-order valence-corrected chi connectivity index (χ3v) is 3.87. The number of hydrogen-bond donors (Lipinski definition) is 0. The summed E-state index contributed by atoms with van der Waals surface area (Å²) in [5.41, 5.74) is 0. The summed E-state index contributed by atoms with van der Waals surface area (Å²) in [5, 5.41) is 0. The van der Waals surface area contributed by atoms with Crippen LogP contribution in [0.3, 0.4) is 0 Å². The molecule has 1 aliphatic heterocycles. The normalized spacial score (nSPS) is 28.2. The lowest BCUT2D eigenvalue weighted by Gasteiger charge is -2.36. The van der Waals surface area contributed by atoms with Gasteiger partial charge in [0, 0.05) is 19.0 Å². The van der Waals surface area contributed by atoms with Crippen LogP contribution in [0, 0.1) is 0 Å². The van der Waals surface area contributed by atoms with Crippen molar-refractivity contribution in [1.29, 1.82) is 0 Å². The number of morpholine rings is 1. The Kier molecular flexibility index (Phi) is 7.06. The monoisotopic (exact) mass is 251 g/mol. The summed E-state index contributed by atoms with van der Waals surface area (Å²) in [6, 6.07) is 0.